The quantitative estimate of drug-likeness (QED) is 0.698. The molecule has 1 N–H and O–H groups in total. The van der Waals surface area contributed by atoms with Crippen molar-refractivity contribution >= 4 is 23.9 Å². The van der Waals surface area contributed by atoms with Crippen molar-refractivity contribution in [2.45, 2.75) is 6.92 Å². The van der Waals surface area contributed by atoms with Crippen LogP contribution in [0.5, 0.6) is 0 Å². The zero-order valence-corrected chi connectivity index (χ0v) is 12.3. The molecule has 0 spiro atoms. The lowest BCUT2D eigenvalue weighted by Gasteiger charge is -1.99. The Labute approximate surface area is 132 Å². The molecule has 0 aromatic heterocycles. The molecule has 0 radical (unpaired) electrons. The van der Waals surface area contributed by atoms with Crippen LogP contribution in [-0.2, 0) is 9.53 Å². The van der Waals surface area contributed by atoms with Gasteiger partial charge in [0.1, 0.15) is 0 Å². The standard InChI is InChI=1S/C18H13NO4/c1-11-2-6-13(7-3-11)16-19-15(18(22)23-16)10-12-4-8-14(9-5-12)17(20)21/h2-10H,1H3,(H,20,21)/b15-10-. The van der Waals surface area contributed by atoms with E-state index in [0.717, 1.165) is 11.1 Å². The fraction of sp³-hybridized carbons (Fsp3) is 0.0556. The van der Waals surface area contributed by atoms with Gasteiger partial charge >= 0.3 is 11.9 Å². The highest BCUT2D eigenvalue weighted by Gasteiger charge is 2.23. The van der Waals surface area contributed by atoms with E-state index in [9.17, 15) is 9.59 Å². The van der Waals surface area contributed by atoms with Gasteiger partial charge in [-0.3, -0.25) is 0 Å². The van der Waals surface area contributed by atoms with Crippen LogP contribution >= 0.6 is 0 Å². The van der Waals surface area contributed by atoms with Gasteiger partial charge in [0.2, 0.25) is 5.90 Å². The maximum absolute atomic E-state index is 11.9. The first-order chi connectivity index (χ1) is 11.0. The van der Waals surface area contributed by atoms with E-state index in [-0.39, 0.29) is 17.2 Å². The smallest absolute Gasteiger partial charge is 0.363 e. The predicted octanol–water partition coefficient (Wildman–Crippen LogP) is 3.04. The highest BCUT2D eigenvalue weighted by molar-refractivity contribution is 6.12. The van der Waals surface area contributed by atoms with Gasteiger partial charge in [-0.25, -0.2) is 14.6 Å². The van der Waals surface area contributed by atoms with Crippen LogP contribution in [0, 0.1) is 6.92 Å². The van der Waals surface area contributed by atoms with E-state index in [1.54, 1.807) is 18.2 Å². The minimum Gasteiger partial charge on any atom is -0.478 e. The van der Waals surface area contributed by atoms with Gasteiger partial charge in [0.25, 0.3) is 0 Å². The number of rotatable bonds is 3. The molecule has 0 unspecified atom stereocenters. The first-order valence-electron chi connectivity index (χ1n) is 6.96. The third-order valence-electron chi connectivity index (χ3n) is 3.38. The van der Waals surface area contributed by atoms with Crippen molar-refractivity contribution in [1.29, 1.82) is 0 Å². The van der Waals surface area contributed by atoms with Crippen molar-refractivity contribution in [2.24, 2.45) is 4.99 Å². The predicted molar refractivity (Wildman–Crippen MR) is 85.2 cm³/mol. The summed E-state index contributed by atoms with van der Waals surface area (Å²) in [7, 11) is 0. The van der Waals surface area contributed by atoms with E-state index in [2.05, 4.69) is 4.99 Å². The molecule has 1 heterocycles. The average molecular weight is 307 g/mol. The minimum atomic E-state index is -0.996. The summed E-state index contributed by atoms with van der Waals surface area (Å²) < 4.78 is 5.18. The lowest BCUT2D eigenvalue weighted by Crippen LogP contribution is -2.05. The van der Waals surface area contributed by atoms with Crippen molar-refractivity contribution in [3.63, 3.8) is 0 Å². The third-order valence-corrected chi connectivity index (χ3v) is 3.38. The summed E-state index contributed by atoms with van der Waals surface area (Å²) in [5.74, 6) is -1.25. The lowest BCUT2D eigenvalue weighted by molar-refractivity contribution is -0.129. The maximum Gasteiger partial charge on any atom is 0.363 e. The number of carboxylic acids is 1. The second-order valence-electron chi connectivity index (χ2n) is 5.13. The van der Waals surface area contributed by atoms with Crippen molar-refractivity contribution in [1.82, 2.24) is 0 Å². The number of carbonyl (C=O) groups excluding carboxylic acids is 1. The first-order valence-corrected chi connectivity index (χ1v) is 6.96. The molecule has 23 heavy (non-hydrogen) atoms. The molecule has 0 saturated carbocycles. The number of benzene rings is 2. The molecule has 0 atom stereocenters. The molecule has 0 aliphatic carbocycles. The van der Waals surface area contributed by atoms with Crippen LogP contribution in [0.1, 0.15) is 27.0 Å². The van der Waals surface area contributed by atoms with E-state index in [4.69, 9.17) is 9.84 Å². The number of aryl methyl sites for hydroxylation is 1. The zero-order valence-electron chi connectivity index (χ0n) is 12.3. The largest absolute Gasteiger partial charge is 0.478 e. The van der Waals surface area contributed by atoms with Crippen molar-refractivity contribution in [2.75, 3.05) is 0 Å². The lowest BCUT2D eigenvalue weighted by atomic mass is 10.1. The van der Waals surface area contributed by atoms with Gasteiger partial charge in [0.15, 0.2) is 5.70 Å². The number of aromatic carboxylic acids is 1. The molecule has 2 aromatic carbocycles. The van der Waals surface area contributed by atoms with E-state index in [1.807, 2.05) is 31.2 Å². The normalized spacial score (nSPS) is 15.4. The first kappa shape index (κ1) is 14.7. The van der Waals surface area contributed by atoms with Crippen LogP contribution in [0.15, 0.2) is 59.2 Å². The van der Waals surface area contributed by atoms with Gasteiger partial charge in [-0.2, -0.15) is 0 Å². The van der Waals surface area contributed by atoms with E-state index >= 15 is 0 Å². The van der Waals surface area contributed by atoms with Crippen LogP contribution in [0.2, 0.25) is 0 Å². The summed E-state index contributed by atoms with van der Waals surface area (Å²) >= 11 is 0. The van der Waals surface area contributed by atoms with Crippen molar-refractivity contribution < 1.29 is 19.4 Å². The van der Waals surface area contributed by atoms with Gasteiger partial charge in [0.05, 0.1) is 5.56 Å². The SMILES string of the molecule is Cc1ccc(C2=N/C(=C\c3ccc(C(=O)O)cc3)C(=O)O2)cc1. The number of carbonyl (C=O) groups is 2. The topological polar surface area (TPSA) is 76.0 Å². The second kappa shape index (κ2) is 5.88. The summed E-state index contributed by atoms with van der Waals surface area (Å²) in [6, 6.07) is 13.7. The average Bonchev–Trinajstić information content (AvgIpc) is 2.89. The molecule has 0 fully saturated rings. The fourth-order valence-electron chi connectivity index (χ4n) is 2.11. The molecule has 1 aliphatic rings. The maximum atomic E-state index is 11.9. The molecule has 114 valence electrons. The Bertz CT molecular complexity index is 830. The van der Waals surface area contributed by atoms with Gasteiger partial charge < -0.3 is 9.84 Å². The summed E-state index contributed by atoms with van der Waals surface area (Å²) in [4.78, 5) is 26.9. The van der Waals surface area contributed by atoms with Gasteiger partial charge in [-0.05, 0) is 42.8 Å². The molecular formula is C18H13NO4. The van der Waals surface area contributed by atoms with Gasteiger partial charge in [0, 0.05) is 5.56 Å². The monoisotopic (exact) mass is 307 g/mol. The molecule has 0 saturated heterocycles. The Morgan fingerprint density at radius 3 is 2.35 bits per heavy atom. The Morgan fingerprint density at radius 1 is 1.09 bits per heavy atom. The Hall–Kier alpha value is -3.21. The van der Waals surface area contributed by atoms with E-state index in [1.165, 1.54) is 12.1 Å². The van der Waals surface area contributed by atoms with Crippen molar-refractivity contribution in [3.8, 4) is 0 Å². The highest BCUT2D eigenvalue weighted by Crippen LogP contribution is 2.19. The molecule has 5 nitrogen and oxygen atoms in total. The van der Waals surface area contributed by atoms with E-state index < -0.39 is 11.9 Å². The van der Waals surface area contributed by atoms with Crippen LogP contribution < -0.4 is 0 Å². The Balaban J connectivity index is 1.88. The second-order valence-corrected chi connectivity index (χ2v) is 5.13. The molecule has 0 amide bonds. The molecule has 3 rings (SSSR count). The zero-order chi connectivity index (χ0) is 16.4. The summed E-state index contributed by atoms with van der Waals surface area (Å²) in [6.45, 7) is 1.97. The Kier molecular flexibility index (Phi) is 3.76. The fourth-order valence-corrected chi connectivity index (χ4v) is 2.11. The third kappa shape index (κ3) is 3.18. The molecular weight excluding hydrogens is 294 g/mol. The van der Waals surface area contributed by atoms with Crippen LogP contribution in [0.25, 0.3) is 6.08 Å². The number of hydrogen-bond acceptors (Lipinski definition) is 4. The van der Waals surface area contributed by atoms with Crippen LogP contribution in [-0.4, -0.2) is 22.9 Å². The number of cyclic esters (lactones) is 1. The van der Waals surface area contributed by atoms with Crippen LogP contribution in [0.4, 0.5) is 0 Å². The number of esters is 1. The molecule has 1 aliphatic heterocycles. The van der Waals surface area contributed by atoms with Gasteiger partial charge in [-0.1, -0.05) is 29.8 Å². The van der Waals surface area contributed by atoms with Crippen LogP contribution in [0.3, 0.4) is 0 Å². The number of aliphatic imine (C=N–C) groups is 1. The van der Waals surface area contributed by atoms with E-state index in [0.29, 0.717) is 5.56 Å². The summed E-state index contributed by atoms with van der Waals surface area (Å²) in [5.41, 5.74) is 2.88. The van der Waals surface area contributed by atoms with Gasteiger partial charge in [-0.15, -0.1) is 0 Å². The Morgan fingerprint density at radius 2 is 1.74 bits per heavy atom. The number of ether oxygens (including phenoxy) is 1. The molecule has 0 bridgehead atoms. The molecule has 2 aromatic rings. The summed E-state index contributed by atoms with van der Waals surface area (Å²) in [5, 5.41) is 8.87. The number of hydrogen-bond donors (Lipinski definition) is 1. The minimum absolute atomic E-state index is 0.184. The highest BCUT2D eigenvalue weighted by atomic mass is 16.6. The number of carboxylic acid groups (broad SMARTS) is 1. The van der Waals surface area contributed by atoms with Crippen molar-refractivity contribution in [3.05, 3.63) is 76.5 Å². The summed E-state index contributed by atoms with van der Waals surface area (Å²) in [6.07, 6.45) is 1.56. The molecule has 5 heteroatoms. The number of nitrogens with zero attached hydrogens (tertiary/aromatic N) is 1.